The molecule has 4 nitrogen and oxygen atoms in total. The van der Waals surface area contributed by atoms with Crippen LogP contribution in [0.5, 0.6) is 0 Å². The summed E-state index contributed by atoms with van der Waals surface area (Å²) in [4.78, 5) is 13.2. The van der Waals surface area contributed by atoms with Crippen LogP contribution in [0.25, 0.3) is 0 Å². The Morgan fingerprint density at radius 3 is 2.74 bits per heavy atom. The van der Waals surface area contributed by atoms with E-state index in [1.54, 1.807) is 6.08 Å². The van der Waals surface area contributed by atoms with E-state index in [0.717, 1.165) is 5.56 Å². The van der Waals surface area contributed by atoms with Crippen molar-refractivity contribution in [3.8, 4) is 6.07 Å². The van der Waals surface area contributed by atoms with Gasteiger partial charge in [0.25, 0.3) is 0 Å². The minimum atomic E-state index is -0.875. The summed E-state index contributed by atoms with van der Waals surface area (Å²) in [7, 11) is 0. The molecule has 1 heterocycles. The molecular weight excluding hydrogens is 240 g/mol. The summed E-state index contributed by atoms with van der Waals surface area (Å²) in [5.41, 5.74) is 1.04. The van der Waals surface area contributed by atoms with Crippen molar-refractivity contribution < 1.29 is 9.90 Å². The molecule has 4 heteroatoms. The van der Waals surface area contributed by atoms with Gasteiger partial charge in [0.2, 0.25) is 0 Å². The van der Waals surface area contributed by atoms with Gasteiger partial charge in [-0.05, 0) is 12.0 Å². The number of carbonyl (C=O) groups is 1. The first-order valence-corrected chi connectivity index (χ1v) is 6.22. The number of carboxylic acid groups (broad SMARTS) is 1. The van der Waals surface area contributed by atoms with E-state index in [1.165, 1.54) is 0 Å². The van der Waals surface area contributed by atoms with Gasteiger partial charge in [0.05, 0.1) is 12.0 Å². The van der Waals surface area contributed by atoms with Crippen LogP contribution in [0, 0.1) is 17.2 Å². The Balaban J connectivity index is 2.25. The molecular formula is C15H16N2O2. The van der Waals surface area contributed by atoms with Gasteiger partial charge in [-0.2, -0.15) is 5.26 Å². The van der Waals surface area contributed by atoms with Crippen molar-refractivity contribution >= 4 is 5.97 Å². The maximum absolute atomic E-state index is 11.3. The number of hydrogen-bond acceptors (Lipinski definition) is 3. The Morgan fingerprint density at radius 2 is 2.21 bits per heavy atom. The number of rotatable bonds is 4. The zero-order valence-electron chi connectivity index (χ0n) is 10.6. The van der Waals surface area contributed by atoms with Crippen LogP contribution in [-0.2, 0) is 11.3 Å². The Bertz CT molecular complexity index is 507. The molecule has 1 aromatic rings. The second-order valence-electron chi connectivity index (χ2n) is 4.71. The molecule has 0 saturated carbocycles. The van der Waals surface area contributed by atoms with Crippen LogP contribution in [0.2, 0.25) is 0 Å². The van der Waals surface area contributed by atoms with Gasteiger partial charge in [-0.3, -0.25) is 9.69 Å². The lowest BCUT2D eigenvalue weighted by molar-refractivity contribution is -0.142. The highest BCUT2D eigenvalue weighted by Crippen LogP contribution is 2.32. The SMILES string of the molecule is C=C[C@H]1[C@H](C#N)C[C@H](C(=O)O)N1Cc1ccccc1. The summed E-state index contributed by atoms with van der Waals surface area (Å²) in [6, 6.07) is 11.1. The number of aliphatic carboxylic acids is 1. The fraction of sp³-hybridized carbons (Fsp3) is 0.333. The third-order valence-corrected chi connectivity index (χ3v) is 3.57. The van der Waals surface area contributed by atoms with Crippen molar-refractivity contribution in [1.82, 2.24) is 4.90 Å². The maximum atomic E-state index is 11.3. The summed E-state index contributed by atoms with van der Waals surface area (Å²) < 4.78 is 0. The first-order valence-electron chi connectivity index (χ1n) is 6.22. The van der Waals surface area contributed by atoms with E-state index in [9.17, 15) is 9.90 Å². The number of likely N-dealkylation sites (tertiary alicyclic amines) is 1. The van der Waals surface area contributed by atoms with Crippen LogP contribution in [0.3, 0.4) is 0 Å². The first kappa shape index (κ1) is 13.3. The zero-order chi connectivity index (χ0) is 13.8. The Hall–Kier alpha value is -2.12. The minimum absolute atomic E-state index is 0.202. The monoisotopic (exact) mass is 256 g/mol. The molecule has 0 aromatic heterocycles. The van der Waals surface area contributed by atoms with E-state index in [2.05, 4.69) is 12.6 Å². The predicted molar refractivity (Wildman–Crippen MR) is 71.1 cm³/mol. The molecule has 3 atom stereocenters. The number of carboxylic acids is 1. The van der Waals surface area contributed by atoms with E-state index in [4.69, 9.17) is 5.26 Å². The van der Waals surface area contributed by atoms with Gasteiger partial charge >= 0.3 is 5.97 Å². The van der Waals surface area contributed by atoms with Crippen molar-refractivity contribution in [3.05, 3.63) is 48.6 Å². The Labute approximate surface area is 112 Å². The van der Waals surface area contributed by atoms with Gasteiger partial charge in [-0.15, -0.1) is 6.58 Å². The molecule has 0 radical (unpaired) electrons. The van der Waals surface area contributed by atoms with Crippen molar-refractivity contribution in [3.63, 3.8) is 0 Å². The molecule has 1 aliphatic rings. The smallest absolute Gasteiger partial charge is 0.320 e. The normalized spacial score (nSPS) is 26.8. The number of nitriles is 1. The van der Waals surface area contributed by atoms with E-state index < -0.39 is 12.0 Å². The zero-order valence-corrected chi connectivity index (χ0v) is 10.6. The van der Waals surface area contributed by atoms with Crippen molar-refractivity contribution in [2.24, 2.45) is 5.92 Å². The van der Waals surface area contributed by atoms with E-state index in [0.29, 0.717) is 13.0 Å². The first-order chi connectivity index (χ1) is 9.17. The highest BCUT2D eigenvalue weighted by atomic mass is 16.4. The highest BCUT2D eigenvalue weighted by molar-refractivity contribution is 5.74. The fourth-order valence-electron chi connectivity index (χ4n) is 2.64. The van der Waals surface area contributed by atoms with Gasteiger partial charge in [-0.1, -0.05) is 36.4 Å². The molecule has 0 unspecified atom stereocenters. The summed E-state index contributed by atoms with van der Waals surface area (Å²) in [5.74, 6) is -1.18. The summed E-state index contributed by atoms with van der Waals surface area (Å²) in [6.07, 6.45) is 2.04. The quantitative estimate of drug-likeness (QED) is 0.837. The van der Waals surface area contributed by atoms with Gasteiger partial charge in [-0.25, -0.2) is 0 Å². The lowest BCUT2D eigenvalue weighted by atomic mass is 10.0. The molecule has 98 valence electrons. The van der Waals surface area contributed by atoms with Crippen molar-refractivity contribution in [2.45, 2.75) is 25.0 Å². The van der Waals surface area contributed by atoms with Crippen LogP contribution in [0.4, 0.5) is 0 Å². The summed E-state index contributed by atoms with van der Waals surface area (Å²) >= 11 is 0. The van der Waals surface area contributed by atoms with Crippen molar-refractivity contribution in [2.75, 3.05) is 0 Å². The molecule has 0 bridgehead atoms. The molecule has 1 aliphatic heterocycles. The van der Waals surface area contributed by atoms with Gasteiger partial charge in [0, 0.05) is 12.6 Å². The lowest BCUT2D eigenvalue weighted by Gasteiger charge is -2.26. The summed E-state index contributed by atoms with van der Waals surface area (Å²) in [5, 5.41) is 18.4. The standard InChI is InChI=1S/C15H16N2O2/c1-2-13-12(9-16)8-14(15(18)19)17(13)10-11-6-4-3-5-7-11/h2-7,12-14H,1,8,10H2,(H,18,19)/t12-,13-,14+/m0/s1. The van der Waals surface area contributed by atoms with Gasteiger partial charge in [0.1, 0.15) is 6.04 Å². The van der Waals surface area contributed by atoms with Gasteiger partial charge < -0.3 is 5.11 Å². The third kappa shape index (κ3) is 2.67. The molecule has 0 amide bonds. The highest BCUT2D eigenvalue weighted by Gasteiger charge is 2.43. The van der Waals surface area contributed by atoms with E-state index in [-0.39, 0.29) is 12.0 Å². The molecule has 19 heavy (non-hydrogen) atoms. The average Bonchev–Trinajstić information content (AvgIpc) is 2.77. The molecule has 1 fully saturated rings. The second kappa shape index (κ2) is 5.68. The molecule has 0 spiro atoms. The summed E-state index contributed by atoms with van der Waals surface area (Å²) in [6.45, 7) is 4.26. The van der Waals surface area contributed by atoms with Crippen LogP contribution < -0.4 is 0 Å². The third-order valence-electron chi connectivity index (χ3n) is 3.57. The number of benzene rings is 1. The van der Waals surface area contributed by atoms with Crippen LogP contribution in [-0.4, -0.2) is 28.1 Å². The predicted octanol–water partition coefficient (Wildman–Crippen LogP) is 2.04. The number of nitrogens with zero attached hydrogens (tertiary/aromatic N) is 2. The molecule has 0 aliphatic carbocycles. The Kier molecular flexibility index (Phi) is 3.98. The van der Waals surface area contributed by atoms with Crippen molar-refractivity contribution in [1.29, 1.82) is 5.26 Å². The molecule has 1 aromatic carbocycles. The maximum Gasteiger partial charge on any atom is 0.320 e. The molecule has 1 N–H and O–H groups in total. The largest absolute Gasteiger partial charge is 0.480 e. The second-order valence-corrected chi connectivity index (χ2v) is 4.71. The average molecular weight is 256 g/mol. The van der Waals surface area contributed by atoms with E-state index >= 15 is 0 Å². The number of hydrogen-bond donors (Lipinski definition) is 1. The lowest BCUT2D eigenvalue weighted by Crippen LogP contribution is -2.40. The fourth-order valence-corrected chi connectivity index (χ4v) is 2.64. The van der Waals surface area contributed by atoms with Crippen LogP contribution >= 0.6 is 0 Å². The molecule has 2 rings (SSSR count). The van der Waals surface area contributed by atoms with E-state index in [1.807, 2.05) is 35.2 Å². The van der Waals surface area contributed by atoms with Gasteiger partial charge in [0.15, 0.2) is 0 Å². The molecule has 1 saturated heterocycles. The van der Waals surface area contributed by atoms with Crippen LogP contribution in [0.15, 0.2) is 43.0 Å². The minimum Gasteiger partial charge on any atom is -0.480 e. The van der Waals surface area contributed by atoms with Crippen LogP contribution in [0.1, 0.15) is 12.0 Å². The topological polar surface area (TPSA) is 64.3 Å². The Morgan fingerprint density at radius 1 is 1.53 bits per heavy atom.